The summed E-state index contributed by atoms with van der Waals surface area (Å²) in [6.07, 6.45) is -3.89. The number of aliphatic hydroxyl groups excluding tert-OH is 2. The molecule has 50 nitrogen and oxygen atoms in total. The summed E-state index contributed by atoms with van der Waals surface area (Å²) in [5.41, 5.74) is -2.98. The second-order valence-electron chi connectivity index (χ2n) is 21.4. The second-order valence-corrected chi connectivity index (χ2v) is 38.3. The van der Waals surface area contributed by atoms with Gasteiger partial charge in [0.15, 0.2) is 5.12 Å². The maximum absolute atomic E-state index is 12.3. The first-order valence-corrected chi connectivity index (χ1v) is 52.2. The maximum atomic E-state index is 12.3. The fourth-order valence-electron chi connectivity index (χ4n) is 6.98. The number of nitrogens with one attached hydrogen (secondary N) is 3. The number of hydrogen-bond donors (Lipinski definition) is 15. The van der Waals surface area contributed by atoms with Gasteiger partial charge in [0.2, 0.25) is 18.6 Å². The topological polar surface area (TPSA) is 813 Å². The van der Waals surface area contributed by atoms with Crippen LogP contribution in [0, 0.1) is 0 Å². The van der Waals surface area contributed by atoms with Gasteiger partial charge in [0, 0.05) is 69.3 Å². The Bertz CT molecular complexity index is 4680. The highest BCUT2D eigenvalue weighted by atomic mass is 32.2. The van der Waals surface area contributed by atoms with Crippen LogP contribution in [0.25, 0.3) is 10.9 Å². The first kappa shape index (κ1) is 131. The average molecular weight is 2040 g/mol. The fraction of sp³-hybridized carbons (Fsp3) is 0.656. The number of ketones is 1. The van der Waals surface area contributed by atoms with Crippen molar-refractivity contribution in [3.05, 3.63) is 52.7 Å². The number of nitrogens with zero attached hydrogens (tertiary/aromatic N) is 3. The smallest absolute Gasteiger partial charge is 0.481 e. The molecule has 15 N–H and O–H groups in total. The van der Waals surface area contributed by atoms with Gasteiger partial charge in [-0.05, 0) is 68.5 Å². The van der Waals surface area contributed by atoms with Gasteiger partial charge in [0.25, 0.3) is 72.1 Å². The number of pyridine rings is 2. The van der Waals surface area contributed by atoms with Crippen LogP contribution in [-0.2, 0) is 151 Å². The standard InChI is InChI=1S/C12H12N2O4S2.C9H9F3N2O6S.C9H16O7S2.C7H11NO7S.C7H13NO6S.C5H11O14P3S.6C2H6/c15-11(4-2-8-20(16,17)18)19-12-9-3-1-6-13-10(9)5-7-14-12;10-9(11,12)5-4-13-8(14-7(5)16)20-6(15)2-1-3-21(17,18)19;10-6-4-9(12)17-7(6)5-16-8(11)2-1-3-18(13,14)15;9-5(7(11)12)4-8-6(10)2-1-3-16(13,14)15;9-6(8-4-3-7(10)11)2-1-5-15(12,13)14;6-5(2-1-3-23(12,13)14)15-4-16-22(11)18-20(7,8)17-21(9,10)19-22;6*1-2/h1,3,5-7H,2,4,8H2,(H,16,17,18);4H,1-3H2,(H,13,14,16)(H,17,18,19);6-7,9-10,12H,1-5H2,(H,13,14,15);1-4H2,(H,8,10)(H,11,12)(H,13,14,15);1-5H2,(H,8,9)(H,10,11)(H,12,13,14);1-4H2,(H,7,8)(H,9,10)(H,12,13,14);6*1-2H3. The molecular formula is C61H108F3N6O44P3S8. The number of carbonyl (C=O) groups is 9. The summed E-state index contributed by atoms with van der Waals surface area (Å²) in [5, 5.41) is 40.2. The number of carboxylic acid groups (broad SMARTS) is 2. The molecule has 2 aliphatic rings. The minimum Gasteiger partial charge on any atom is -0.481 e. The maximum Gasteiger partial charge on any atom is 0.495 e. The van der Waals surface area contributed by atoms with Crippen molar-refractivity contribution in [3.8, 4) is 6.01 Å². The highest BCUT2D eigenvalue weighted by Crippen LogP contribution is 2.80. The zero-order valence-corrected chi connectivity index (χ0v) is 78.4. The molecule has 2 aliphatic heterocycles. The summed E-state index contributed by atoms with van der Waals surface area (Å²) < 4.78 is 275. The number of alkyl halides is 3. The van der Waals surface area contributed by atoms with E-state index in [2.05, 4.69) is 47.2 Å². The van der Waals surface area contributed by atoms with Crippen LogP contribution < -0.4 is 20.9 Å². The number of ether oxygens (including phenoxy) is 3. The Kier molecular flexibility index (Phi) is 72.0. The number of carbonyl (C=O) groups excluding carboxylic acids is 7. The molecule has 0 saturated carbocycles. The first-order chi connectivity index (χ1) is 57.5. The number of Topliss-reactive ketones (excluding diaryl/α,β-unsaturated/α-hetero) is 1. The molecule has 5 rings (SSSR count). The molecule has 0 aliphatic carbocycles. The number of hydrogen-bond acceptors (Lipinski definition) is 39. The molecule has 2 amide bonds. The Morgan fingerprint density at radius 3 is 1.36 bits per heavy atom. The van der Waals surface area contributed by atoms with E-state index in [0.717, 1.165) is 34.4 Å². The monoisotopic (exact) mass is 2030 g/mol. The normalized spacial score (nSPS) is 17.4. The van der Waals surface area contributed by atoms with Crippen molar-refractivity contribution < 1.29 is 210 Å². The van der Waals surface area contributed by atoms with E-state index in [-0.39, 0.29) is 107 Å². The van der Waals surface area contributed by atoms with Crippen LogP contribution in [0.2, 0.25) is 0 Å². The van der Waals surface area contributed by atoms with Gasteiger partial charge in [0.05, 0.1) is 70.6 Å². The summed E-state index contributed by atoms with van der Waals surface area (Å²) in [4.78, 5) is 140. The number of H-pyrrole nitrogens is 1. The van der Waals surface area contributed by atoms with Gasteiger partial charge in [-0.1, -0.05) is 83.1 Å². The van der Waals surface area contributed by atoms with Crippen LogP contribution in [0.4, 0.5) is 13.2 Å². The van der Waals surface area contributed by atoms with E-state index in [1.807, 2.05) is 94.5 Å². The van der Waals surface area contributed by atoms with Gasteiger partial charge in [0.1, 0.15) is 22.6 Å². The molecule has 3 aromatic rings. The van der Waals surface area contributed by atoms with Crippen molar-refractivity contribution >= 4 is 171 Å². The number of amides is 2. The van der Waals surface area contributed by atoms with Gasteiger partial charge in [-0.25, -0.2) is 33.0 Å². The number of aromatic nitrogens is 4. The van der Waals surface area contributed by atoms with Crippen LogP contribution in [0.15, 0.2) is 46.6 Å². The lowest BCUT2D eigenvalue weighted by Crippen LogP contribution is -2.33. The number of halogens is 3. The van der Waals surface area contributed by atoms with Crippen LogP contribution in [0.5, 0.6) is 6.01 Å². The third-order valence-electron chi connectivity index (χ3n) is 11.7. The van der Waals surface area contributed by atoms with Crippen molar-refractivity contribution in [2.75, 3.05) is 61.0 Å². The van der Waals surface area contributed by atoms with E-state index in [9.17, 15) is 136 Å². The molecule has 3 aromatic heterocycles. The fourth-order valence-corrected chi connectivity index (χ4v) is 16.8. The quantitative estimate of drug-likeness (QED) is 0.00782. The molecule has 2 fully saturated rings. The number of carboxylic acids is 2. The van der Waals surface area contributed by atoms with Gasteiger partial charge in [-0.2, -0.15) is 76.6 Å². The van der Waals surface area contributed by atoms with Gasteiger partial charge < -0.3 is 55.1 Å². The SMILES string of the molecule is CC.CC.CC.CC.CC.CC.O=C(CCCS(=O)(=O)O)NCC(=O)C(=O)O.O=C(CCCS(=O)(=O)O)OCC1SC(O)CC1O.O=C(CCCS(=O)(=O)O)OCOP1(=O)OP(=O)(O)OP(=O)(O)O1.O=C(CCCS(=O)(=O)O)Oc1ncc(C(F)(F)F)c(=O)[nH]1.O=C(CCCS(=O)(=O)O)Sc1nccc2ncccc12.O=C(O)CCNC(=O)CCCS(=O)(=O)O. The van der Waals surface area contributed by atoms with Crippen molar-refractivity contribution in [2.24, 2.45) is 0 Å². The zero-order chi connectivity index (χ0) is 99.2. The number of esters is 3. The Morgan fingerprint density at radius 1 is 0.560 bits per heavy atom. The third-order valence-corrected chi connectivity index (χ3v) is 24.2. The van der Waals surface area contributed by atoms with E-state index in [1.165, 1.54) is 0 Å². The van der Waals surface area contributed by atoms with Gasteiger partial charge in [-0.3, -0.25) is 80.4 Å². The molecule has 0 radical (unpaired) electrons. The first-order valence-electron chi connectivity index (χ1n) is 36.3. The zero-order valence-electron chi connectivity index (χ0n) is 69.2. The lowest BCUT2D eigenvalue weighted by Gasteiger charge is -2.26. The summed E-state index contributed by atoms with van der Waals surface area (Å²) >= 11 is 2.09. The number of phosphoric acid groups is 3. The molecule has 5 heterocycles. The molecule has 5 atom stereocenters. The van der Waals surface area contributed by atoms with E-state index >= 15 is 0 Å². The molecular weight excluding hydrogens is 1930 g/mol. The van der Waals surface area contributed by atoms with Crippen molar-refractivity contribution in [3.63, 3.8) is 0 Å². The molecule has 5 unspecified atom stereocenters. The Morgan fingerprint density at radius 2 is 0.968 bits per heavy atom. The third kappa shape index (κ3) is 79.3. The molecule has 125 heavy (non-hydrogen) atoms. The number of aliphatic carboxylic acids is 2. The molecule has 2 saturated heterocycles. The van der Waals surface area contributed by atoms with E-state index in [0.29, 0.717) is 5.03 Å². The average Bonchev–Trinajstić information content (AvgIpc) is 1.02. The predicted molar refractivity (Wildman–Crippen MR) is 440 cm³/mol. The number of rotatable bonds is 37. The Hall–Kier alpha value is -6.61. The Labute approximate surface area is 727 Å². The largest absolute Gasteiger partial charge is 0.495 e. The Balaban J connectivity index is -0.000000262. The highest BCUT2D eigenvalue weighted by Gasteiger charge is 2.54. The van der Waals surface area contributed by atoms with Crippen molar-refractivity contribution in [1.82, 2.24) is 30.6 Å². The highest BCUT2D eigenvalue weighted by molar-refractivity contribution is 8.13. The molecule has 730 valence electrons. The van der Waals surface area contributed by atoms with E-state index in [1.54, 1.807) is 29.5 Å². The second kappa shape index (κ2) is 68.5. The minimum atomic E-state index is -5.19. The molecule has 0 aromatic carbocycles. The van der Waals surface area contributed by atoms with Gasteiger partial charge >= 0.3 is 65.5 Å². The summed E-state index contributed by atoms with van der Waals surface area (Å²) in [6, 6.07) is 4.59. The van der Waals surface area contributed by atoms with E-state index < -0.39 is 227 Å². The van der Waals surface area contributed by atoms with Crippen LogP contribution in [0.1, 0.15) is 179 Å². The van der Waals surface area contributed by atoms with Crippen molar-refractivity contribution in [1.29, 1.82) is 0 Å². The minimum absolute atomic E-state index is 0.0116. The lowest BCUT2D eigenvalue weighted by atomic mass is 10.2. The summed E-state index contributed by atoms with van der Waals surface area (Å²) in [7, 11) is -40.1. The number of aromatic amines is 1. The molecule has 0 spiro atoms. The summed E-state index contributed by atoms with van der Waals surface area (Å²) in [6.45, 7) is 22.2. The number of thioether (sulfide) groups is 2. The van der Waals surface area contributed by atoms with Crippen molar-refractivity contribution in [2.45, 2.75) is 201 Å². The van der Waals surface area contributed by atoms with E-state index in [4.69, 9.17) is 52.1 Å². The predicted octanol–water partition coefficient (Wildman–Crippen LogP) is 6.03. The molecule has 0 bridgehead atoms. The van der Waals surface area contributed by atoms with Crippen LogP contribution >= 0.6 is 47.0 Å². The molecule has 64 heteroatoms. The lowest BCUT2D eigenvalue weighted by molar-refractivity contribution is -0.151. The van der Waals surface area contributed by atoms with Gasteiger partial charge in [-0.15, -0.1) is 11.8 Å². The van der Waals surface area contributed by atoms with Crippen LogP contribution in [-0.4, -0.2) is 258 Å². The van der Waals surface area contributed by atoms with Crippen LogP contribution in [0.3, 0.4) is 0 Å². The number of fused-ring (bicyclic) bond motifs is 1. The number of aliphatic hydroxyl groups is 2. The summed E-state index contributed by atoms with van der Waals surface area (Å²) in [5.74, 6) is -10.9.